The first-order valence-corrected chi connectivity index (χ1v) is 15.4. The normalized spacial score (nSPS) is 15.8. The Bertz CT molecular complexity index is 1550. The second kappa shape index (κ2) is 10.7. The van der Waals surface area contributed by atoms with Gasteiger partial charge in [0.15, 0.2) is 15.0 Å². The molecule has 1 saturated carbocycles. The van der Waals surface area contributed by atoms with Crippen molar-refractivity contribution >= 4 is 43.9 Å². The second-order valence-corrected chi connectivity index (χ2v) is 13.0. The number of ether oxygens (including phenoxy) is 1. The fourth-order valence-electron chi connectivity index (χ4n) is 4.84. The van der Waals surface area contributed by atoms with E-state index in [1.807, 2.05) is 19.9 Å². The summed E-state index contributed by atoms with van der Waals surface area (Å²) in [5.41, 5.74) is 2.68. The zero-order chi connectivity index (χ0) is 27.9. The Morgan fingerprint density at radius 2 is 2.03 bits per heavy atom. The van der Waals surface area contributed by atoms with Crippen LogP contribution in [-0.4, -0.2) is 67.7 Å². The Hall–Kier alpha value is -3.35. The lowest BCUT2D eigenvalue weighted by molar-refractivity contribution is 0.0694. The number of thiazole rings is 1. The van der Waals surface area contributed by atoms with Gasteiger partial charge in [0, 0.05) is 32.5 Å². The lowest BCUT2D eigenvalue weighted by Crippen LogP contribution is -2.35. The minimum atomic E-state index is -3.66. The number of aromatic nitrogens is 2. The quantitative estimate of drug-likeness (QED) is 0.353. The SMILES string of the molecule is COCCNC(=O)c1cccc(Nc2nc(C)c(-c3cc4c(c(S(C)(=O)=O)c3)C(=O)N([C@@H](C)C3CC3)C4)s2)n1. The molecule has 2 N–H and O–H groups in total. The third-order valence-electron chi connectivity index (χ3n) is 7.06. The standard InChI is InChI=1S/C27H31N5O5S2/c1-15-24(38-27(29-15)31-22-7-5-6-20(30-22)25(33)28-10-11-37-3)18-12-19-14-32(16(2)17-8-9-17)26(34)23(19)21(13-18)39(4,35)36/h5-7,12-13,16-17H,8-11,14H2,1-4H3,(H,28,33)(H,29,30,31)/t16-/m0/s1. The van der Waals surface area contributed by atoms with Gasteiger partial charge in [-0.05, 0) is 68.0 Å². The number of aryl methyl sites for hydroxylation is 1. The first-order valence-electron chi connectivity index (χ1n) is 12.7. The summed E-state index contributed by atoms with van der Waals surface area (Å²) < 4.78 is 30.6. The maximum absolute atomic E-state index is 13.3. The molecule has 1 fully saturated rings. The van der Waals surface area contributed by atoms with E-state index in [1.165, 1.54) is 11.3 Å². The average molecular weight is 570 g/mol. The molecule has 0 saturated heterocycles. The van der Waals surface area contributed by atoms with Crippen LogP contribution < -0.4 is 10.6 Å². The van der Waals surface area contributed by atoms with Crippen LogP contribution in [0, 0.1) is 12.8 Å². The summed E-state index contributed by atoms with van der Waals surface area (Å²) in [6.45, 7) is 5.07. The fourth-order valence-corrected chi connectivity index (χ4v) is 6.73. The molecule has 0 bridgehead atoms. The van der Waals surface area contributed by atoms with Crippen molar-refractivity contribution in [3.63, 3.8) is 0 Å². The zero-order valence-electron chi connectivity index (χ0n) is 22.3. The van der Waals surface area contributed by atoms with Crippen molar-refractivity contribution in [1.82, 2.24) is 20.2 Å². The average Bonchev–Trinajstić information content (AvgIpc) is 3.61. The summed E-state index contributed by atoms with van der Waals surface area (Å²) in [5.74, 6) is 0.413. The van der Waals surface area contributed by atoms with Gasteiger partial charge in [0.2, 0.25) is 0 Å². The van der Waals surface area contributed by atoms with Crippen LogP contribution in [0.15, 0.2) is 35.2 Å². The van der Waals surface area contributed by atoms with Gasteiger partial charge in [-0.1, -0.05) is 17.4 Å². The minimum Gasteiger partial charge on any atom is -0.383 e. The van der Waals surface area contributed by atoms with Crippen LogP contribution in [-0.2, 0) is 21.1 Å². The number of hydrogen-bond acceptors (Lipinski definition) is 9. The summed E-state index contributed by atoms with van der Waals surface area (Å²) in [4.78, 5) is 37.3. The van der Waals surface area contributed by atoms with E-state index in [9.17, 15) is 18.0 Å². The summed E-state index contributed by atoms with van der Waals surface area (Å²) in [6.07, 6.45) is 3.33. The van der Waals surface area contributed by atoms with Gasteiger partial charge in [-0.2, -0.15) is 0 Å². The van der Waals surface area contributed by atoms with Crippen molar-refractivity contribution in [2.75, 3.05) is 31.8 Å². The van der Waals surface area contributed by atoms with Crippen LogP contribution in [0.5, 0.6) is 0 Å². The molecule has 1 aromatic carbocycles. The topological polar surface area (TPSA) is 131 Å². The number of amides is 2. The highest BCUT2D eigenvalue weighted by Gasteiger charge is 2.41. The van der Waals surface area contributed by atoms with Gasteiger partial charge in [0.1, 0.15) is 11.5 Å². The first-order chi connectivity index (χ1) is 18.6. The van der Waals surface area contributed by atoms with Gasteiger partial charge in [-0.15, -0.1) is 0 Å². The number of fused-ring (bicyclic) bond motifs is 1. The molecule has 0 unspecified atom stereocenters. The predicted molar refractivity (Wildman–Crippen MR) is 149 cm³/mol. The largest absolute Gasteiger partial charge is 0.383 e. The van der Waals surface area contributed by atoms with Gasteiger partial charge in [0.05, 0.1) is 27.6 Å². The number of nitrogens with zero attached hydrogens (tertiary/aromatic N) is 3. The second-order valence-electron chi connectivity index (χ2n) is 10.0. The molecule has 2 amide bonds. The molecule has 1 aliphatic heterocycles. The van der Waals surface area contributed by atoms with E-state index in [4.69, 9.17) is 4.74 Å². The number of methoxy groups -OCH3 is 1. The fraction of sp³-hybridized carbons (Fsp3) is 0.407. The van der Waals surface area contributed by atoms with Crippen molar-refractivity contribution in [3.8, 4) is 10.4 Å². The third-order valence-corrected chi connectivity index (χ3v) is 9.30. The molecular formula is C27H31N5O5S2. The first kappa shape index (κ1) is 27.2. The number of anilines is 2. The van der Waals surface area contributed by atoms with Crippen LogP contribution in [0.25, 0.3) is 10.4 Å². The van der Waals surface area contributed by atoms with E-state index in [1.54, 1.807) is 36.3 Å². The third kappa shape index (κ3) is 5.68. The maximum Gasteiger partial charge on any atom is 0.270 e. The van der Waals surface area contributed by atoms with Crippen molar-refractivity contribution < 1.29 is 22.7 Å². The number of nitrogens with one attached hydrogen (secondary N) is 2. The van der Waals surface area contributed by atoms with Gasteiger partial charge < -0.3 is 20.3 Å². The maximum atomic E-state index is 13.3. The highest BCUT2D eigenvalue weighted by atomic mass is 32.2. The number of carbonyl (C=O) groups is 2. The molecule has 206 valence electrons. The van der Waals surface area contributed by atoms with Crippen molar-refractivity contribution in [2.24, 2.45) is 5.92 Å². The molecule has 1 aliphatic carbocycles. The number of benzene rings is 1. The van der Waals surface area contributed by atoms with Crippen molar-refractivity contribution in [3.05, 3.63) is 52.8 Å². The predicted octanol–water partition coefficient (Wildman–Crippen LogP) is 3.79. The molecule has 5 rings (SSSR count). The van der Waals surface area contributed by atoms with E-state index >= 15 is 0 Å². The van der Waals surface area contributed by atoms with E-state index in [-0.39, 0.29) is 28.4 Å². The Morgan fingerprint density at radius 3 is 2.72 bits per heavy atom. The smallest absolute Gasteiger partial charge is 0.270 e. The number of rotatable bonds is 10. The van der Waals surface area contributed by atoms with E-state index in [2.05, 4.69) is 20.6 Å². The van der Waals surface area contributed by atoms with E-state index in [0.29, 0.717) is 53.4 Å². The molecule has 12 heteroatoms. The minimum absolute atomic E-state index is 0.0571. The number of sulfone groups is 1. The van der Waals surface area contributed by atoms with Crippen LogP contribution in [0.3, 0.4) is 0 Å². The molecule has 3 aromatic rings. The summed E-state index contributed by atoms with van der Waals surface area (Å²) in [5, 5.41) is 6.45. The molecular weight excluding hydrogens is 538 g/mol. The Morgan fingerprint density at radius 1 is 1.26 bits per heavy atom. The lowest BCUT2D eigenvalue weighted by Gasteiger charge is -2.24. The van der Waals surface area contributed by atoms with Crippen LogP contribution in [0.1, 0.15) is 51.9 Å². The molecule has 0 radical (unpaired) electrons. The highest BCUT2D eigenvalue weighted by molar-refractivity contribution is 7.90. The van der Waals surface area contributed by atoms with Crippen molar-refractivity contribution in [2.45, 2.75) is 44.2 Å². The monoisotopic (exact) mass is 569 g/mol. The Labute approximate surface area is 231 Å². The Balaban J connectivity index is 1.43. The number of carbonyl (C=O) groups excluding carboxylic acids is 2. The van der Waals surface area contributed by atoms with Gasteiger partial charge in [0.25, 0.3) is 11.8 Å². The molecule has 3 heterocycles. The molecule has 2 aromatic heterocycles. The molecule has 1 atom stereocenters. The summed E-state index contributed by atoms with van der Waals surface area (Å²) >= 11 is 1.35. The molecule has 10 nitrogen and oxygen atoms in total. The Kier molecular flexibility index (Phi) is 7.45. The molecule has 2 aliphatic rings. The highest BCUT2D eigenvalue weighted by Crippen LogP contribution is 2.42. The van der Waals surface area contributed by atoms with Gasteiger partial charge >= 0.3 is 0 Å². The van der Waals surface area contributed by atoms with E-state index < -0.39 is 9.84 Å². The van der Waals surface area contributed by atoms with Crippen LogP contribution >= 0.6 is 11.3 Å². The summed E-state index contributed by atoms with van der Waals surface area (Å²) in [6, 6.07) is 8.66. The summed E-state index contributed by atoms with van der Waals surface area (Å²) in [7, 11) is -2.09. The lowest BCUT2D eigenvalue weighted by atomic mass is 10.0. The zero-order valence-corrected chi connectivity index (χ0v) is 23.9. The van der Waals surface area contributed by atoms with E-state index in [0.717, 1.165) is 29.5 Å². The van der Waals surface area contributed by atoms with Gasteiger partial charge in [-0.3, -0.25) is 9.59 Å². The molecule has 0 spiro atoms. The van der Waals surface area contributed by atoms with Crippen LogP contribution in [0.4, 0.5) is 10.9 Å². The number of pyridine rings is 1. The molecule has 39 heavy (non-hydrogen) atoms. The number of hydrogen-bond donors (Lipinski definition) is 2. The van der Waals surface area contributed by atoms with Crippen molar-refractivity contribution in [1.29, 1.82) is 0 Å². The van der Waals surface area contributed by atoms with Crippen LogP contribution in [0.2, 0.25) is 0 Å². The van der Waals surface area contributed by atoms with Gasteiger partial charge in [-0.25, -0.2) is 18.4 Å².